The Morgan fingerprint density at radius 3 is 3.00 bits per heavy atom. The Kier molecular flexibility index (Phi) is 5.06. The zero-order valence-electron chi connectivity index (χ0n) is 14.6. The van der Waals surface area contributed by atoms with Gasteiger partial charge in [0.1, 0.15) is 18.7 Å². The van der Waals surface area contributed by atoms with Crippen LogP contribution >= 0.6 is 0 Å². The minimum absolute atomic E-state index is 0.150. The van der Waals surface area contributed by atoms with Crippen LogP contribution in [0.3, 0.4) is 0 Å². The second kappa shape index (κ2) is 7.96. The summed E-state index contributed by atoms with van der Waals surface area (Å²) in [6, 6.07) is 14.4. The van der Waals surface area contributed by atoms with Gasteiger partial charge in [0.2, 0.25) is 0 Å². The topological polar surface area (TPSA) is 91.2 Å². The predicted octanol–water partition coefficient (Wildman–Crippen LogP) is 2.47. The molecule has 1 aromatic heterocycles. The van der Waals surface area contributed by atoms with Gasteiger partial charge in [-0.1, -0.05) is 12.1 Å². The zero-order valence-corrected chi connectivity index (χ0v) is 14.6. The number of hydrogen-bond acceptors (Lipinski definition) is 6. The van der Waals surface area contributed by atoms with E-state index < -0.39 is 0 Å². The minimum Gasteiger partial charge on any atom is -0.491 e. The number of carbonyl (C=O) groups excluding carboxylic acids is 1. The SMILES string of the molecule is O=C(Nc1cccc(OCC2CCCO2)c1)c1cccc(-n2cnnn2)c1. The molecule has 0 aliphatic carbocycles. The Bertz CT molecular complexity index is 907. The molecular weight excluding hydrogens is 346 g/mol. The van der Waals surface area contributed by atoms with E-state index in [4.69, 9.17) is 9.47 Å². The standard InChI is InChI=1S/C19H19N5O3/c25-19(14-4-1-6-16(10-14)24-13-20-22-23-24)21-15-5-2-7-17(11-15)27-12-18-8-3-9-26-18/h1-2,4-7,10-11,13,18H,3,8-9,12H2,(H,21,25). The molecule has 2 aromatic carbocycles. The summed E-state index contributed by atoms with van der Waals surface area (Å²) in [6.45, 7) is 1.32. The normalized spacial score (nSPS) is 16.2. The lowest BCUT2D eigenvalue weighted by atomic mass is 10.2. The molecule has 1 fully saturated rings. The summed E-state index contributed by atoms with van der Waals surface area (Å²) in [5.41, 5.74) is 1.88. The smallest absolute Gasteiger partial charge is 0.255 e. The number of anilines is 1. The highest BCUT2D eigenvalue weighted by Gasteiger charge is 2.16. The Morgan fingerprint density at radius 1 is 1.26 bits per heavy atom. The molecule has 1 unspecified atom stereocenters. The lowest BCUT2D eigenvalue weighted by Crippen LogP contribution is -2.16. The Labute approximate surface area is 156 Å². The first-order chi connectivity index (χ1) is 13.3. The zero-order chi connectivity index (χ0) is 18.5. The second-order valence-electron chi connectivity index (χ2n) is 6.23. The highest BCUT2D eigenvalue weighted by atomic mass is 16.5. The molecule has 8 nitrogen and oxygen atoms in total. The lowest BCUT2D eigenvalue weighted by Gasteiger charge is -2.12. The number of aromatic nitrogens is 4. The monoisotopic (exact) mass is 365 g/mol. The number of nitrogens with zero attached hydrogens (tertiary/aromatic N) is 4. The van der Waals surface area contributed by atoms with Gasteiger partial charge < -0.3 is 14.8 Å². The number of tetrazole rings is 1. The summed E-state index contributed by atoms with van der Waals surface area (Å²) in [7, 11) is 0. The van der Waals surface area contributed by atoms with E-state index in [0.29, 0.717) is 29.3 Å². The van der Waals surface area contributed by atoms with Crippen molar-refractivity contribution in [3.05, 3.63) is 60.4 Å². The van der Waals surface area contributed by atoms with Crippen molar-refractivity contribution >= 4 is 11.6 Å². The molecule has 2 heterocycles. The third kappa shape index (κ3) is 4.29. The van der Waals surface area contributed by atoms with E-state index >= 15 is 0 Å². The number of rotatable bonds is 6. The molecule has 0 saturated carbocycles. The van der Waals surface area contributed by atoms with Gasteiger partial charge in [-0.15, -0.1) is 5.10 Å². The summed E-state index contributed by atoms with van der Waals surface area (Å²) in [6.07, 6.45) is 3.73. The molecular formula is C19H19N5O3. The molecule has 1 N–H and O–H groups in total. The van der Waals surface area contributed by atoms with Gasteiger partial charge in [0.25, 0.3) is 5.91 Å². The molecule has 1 saturated heterocycles. The Morgan fingerprint density at radius 2 is 2.19 bits per heavy atom. The maximum Gasteiger partial charge on any atom is 0.255 e. The van der Waals surface area contributed by atoms with Crippen molar-refractivity contribution in [1.82, 2.24) is 20.2 Å². The second-order valence-corrected chi connectivity index (χ2v) is 6.23. The average Bonchev–Trinajstić information content (AvgIpc) is 3.41. The van der Waals surface area contributed by atoms with Gasteiger partial charge in [0, 0.05) is 23.9 Å². The first-order valence-corrected chi connectivity index (χ1v) is 8.77. The maximum absolute atomic E-state index is 12.6. The number of nitrogens with one attached hydrogen (secondary N) is 1. The molecule has 0 radical (unpaired) electrons. The van der Waals surface area contributed by atoms with Crippen molar-refractivity contribution in [3.8, 4) is 11.4 Å². The average molecular weight is 365 g/mol. The van der Waals surface area contributed by atoms with Crippen molar-refractivity contribution in [1.29, 1.82) is 0 Å². The van der Waals surface area contributed by atoms with Crippen molar-refractivity contribution in [2.24, 2.45) is 0 Å². The quantitative estimate of drug-likeness (QED) is 0.722. The molecule has 4 rings (SSSR count). The van der Waals surface area contributed by atoms with Crippen LogP contribution in [-0.4, -0.2) is 45.4 Å². The fourth-order valence-electron chi connectivity index (χ4n) is 2.90. The number of carbonyl (C=O) groups is 1. The molecule has 138 valence electrons. The van der Waals surface area contributed by atoms with Crippen molar-refractivity contribution in [3.63, 3.8) is 0 Å². The third-order valence-corrected chi connectivity index (χ3v) is 4.27. The predicted molar refractivity (Wildman–Crippen MR) is 98.0 cm³/mol. The van der Waals surface area contributed by atoms with E-state index in [-0.39, 0.29) is 12.0 Å². The molecule has 8 heteroatoms. The van der Waals surface area contributed by atoms with Gasteiger partial charge in [-0.2, -0.15) is 0 Å². The molecule has 0 spiro atoms. The van der Waals surface area contributed by atoms with Gasteiger partial charge in [0.05, 0.1) is 11.8 Å². The van der Waals surface area contributed by atoms with Crippen LogP contribution in [-0.2, 0) is 4.74 Å². The van der Waals surface area contributed by atoms with Gasteiger partial charge in [-0.3, -0.25) is 4.79 Å². The van der Waals surface area contributed by atoms with E-state index in [9.17, 15) is 4.79 Å². The van der Waals surface area contributed by atoms with Crippen LogP contribution in [0.2, 0.25) is 0 Å². The van der Waals surface area contributed by atoms with Crippen LogP contribution in [0.5, 0.6) is 5.75 Å². The van der Waals surface area contributed by atoms with Crippen LogP contribution in [0.4, 0.5) is 5.69 Å². The van der Waals surface area contributed by atoms with Gasteiger partial charge in [-0.25, -0.2) is 4.68 Å². The number of benzene rings is 2. The van der Waals surface area contributed by atoms with Crippen molar-refractivity contribution in [2.45, 2.75) is 18.9 Å². The van der Waals surface area contributed by atoms with E-state index in [1.165, 1.54) is 11.0 Å². The van der Waals surface area contributed by atoms with Crippen LogP contribution in [0.15, 0.2) is 54.9 Å². The summed E-state index contributed by atoms with van der Waals surface area (Å²) in [5.74, 6) is 0.479. The first kappa shape index (κ1) is 17.2. The van der Waals surface area contributed by atoms with E-state index in [2.05, 4.69) is 20.8 Å². The van der Waals surface area contributed by atoms with Gasteiger partial charge >= 0.3 is 0 Å². The summed E-state index contributed by atoms with van der Waals surface area (Å²) >= 11 is 0. The molecule has 3 aromatic rings. The summed E-state index contributed by atoms with van der Waals surface area (Å²) in [4.78, 5) is 12.6. The minimum atomic E-state index is -0.221. The highest BCUT2D eigenvalue weighted by Crippen LogP contribution is 2.20. The Balaban J connectivity index is 1.42. The van der Waals surface area contributed by atoms with Crippen molar-refractivity contribution < 1.29 is 14.3 Å². The van der Waals surface area contributed by atoms with Crippen LogP contribution < -0.4 is 10.1 Å². The molecule has 27 heavy (non-hydrogen) atoms. The van der Waals surface area contributed by atoms with E-state index in [0.717, 1.165) is 19.4 Å². The van der Waals surface area contributed by atoms with Crippen molar-refractivity contribution in [2.75, 3.05) is 18.5 Å². The largest absolute Gasteiger partial charge is 0.491 e. The van der Waals surface area contributed by atoms with E-state index in [1.54, 1.807) is 24.3 Å². The Hall–Kier alpha value is -3.26. The number of hydrogen-bond donors (Lipinski definition) is 1. The molecule has 1 aliphatic rings. The molecule has 1 aliphatic heterocycles. The summed E-state index contributed by atoms with van der Waals surface area (Å²) in [5, 5.41) is 13.9. The van der Waals surface area contributed by atoms with Gasteiger partial charge in [-0.05, 0) is 53.6 Å². The maximum atomic E-state index is 12.6. The molecule has 1 amide bonds. The van der Waals surface area contributed by atoms with Crippen LogP contribution in [0, 0.1) is 0 Å². The lowest BCUT2D eigenvalue weighted by molar-refractivity contribution is 0.0680. The highest BCUT2D eigenvalue weighted by molar-refractivity contribution is 6.04. The fourth-order valence-corrected chi connectivity index (χ4v) is 2.90. The van der Waals surface area contributed by atoms with Gasteiger partial charge in [0.15, 0.2) is 0 Å². The first-order valence-electron chi connectivity index (χ1n) is 8.77. The van der Waals surface area contributed by atoms with Crippen LogP contribution in [0.1, 0.15) is 23.2 Å². The summed E-state index contributed by atoms with van der Waals surface area (Å²) < 4.78 is 12.8. The number of amides is 1. The van der Waals surface area contributed by atoms with E-state index in [1.807, 2.05) is 24.3 Å². The molecule has 0 bridgehead atoms. The van der Waals surface area contributed by atoms with Crippen LogP contribution in [0.25, 0.3) is 5.69 Å². The molecule has 1 atom stereocenters. The number of ether oxygens (including phenoxy) is 2. The third-order valence-electron chi connectivity index (χ3n) is 4.27. The fraction of sp³-hybridized carbons (Fsp3) is 0.263.